The Hall–Kier alpha value is -1.98. The lowest BCUT2D eigenvalue weighted by atomic mass is 10.0. The molecule has 0 aliphatic carbocycles. The van der Waals surface area contributed by atoms with Crippen LogP contribution in [-0.4, -0.2) is 47.5 Å². The molecule has 0 spiro atoms. The van der Waals surface area contributed by atoms with Gasteiger partial charge in [0.15, 0.2) is 18.5 Å². The van der Waals surface area contributed by atoms with Crippen LogP contribution in [0.2, 0.25) is 0 Å². The third-order valence-corrected chi connectivity index (χ3v) is 3.45. The van der Waals surface area contributed by atoms with Crippen LogP contribution >= 0.6 is 0 Å². The molecule has 3 atom stereocenters. The van der Waals surface area contributed by atoms with Crippen molar-refractivity contribution >= 4 is 12.3 Å². The van der Waals surface area contributed by atoms with Crippen LogP contribution < -0.4 is 0 Å². The zero-order valence-corrected chi connectivity index (χ0v) is 10.3. The zero-order chi connectivity index (χ0) is 13.2. The van der Waals surface area contributed by atoms with Gasteiger partial charge in [-0.2, -0.15) is 0 Å². The maximum Gasteiger partial charge on any atom is 0.251 e. The average molecular weight is 263 g/mol. The van der Waals surface area contributed by atoms with E-state index in [1.807, 2.05) is 0 Å². The van der Waals surface area contributed by atoms with Gasteiger partial charge in [-0.25, -0.2) is 9.38 Å². The minimum atomic E-state index is -0.922. The highest BCUT2D eigenvalue weighted by molar-refractivity contribution is 5.85. The predicted octanol–water partition coefficient (Wildman–Crippen LogP) is 1.12. The number of carbonyl (C=O) groups excluding carboxylic acids is 1. The fraction of sp³-hybridized carbons (Fsp3) is 0.462. The number of amides is 1. The molecule has 3 rings (SSSR count). The average Bonchev–Trinajstić information content (AvgIpc) is 3.07. The first kappa shape index (κ1) is 12.1. The Balaban J connectivity index is 1.76. The monoisotopic (exact) mass is 263 g/mol. The molecule has 1 aromatic rings. The van der Waals surface area contributed by atoms with Crippen LogP contribution in [0.5, 0.6) is 0 Å². The van der Waals surface area contributed by atoms with Crippen molar-refractivity contribution in [3.05, 3.63) is 30.1 Å². The molecule has 1 aromatic heterocycles. The lowest BCUT2D eigenvalue weighted by Gasteiger charge is -2.22. The Morgan fingerprint density at radius 2 is 2.21 bits per heavy atom. The van der Waals surface area contributed by atoms with Gasteiger partial charge < -0.3 is 9.64 Å². The number of aliphatic imine (C=N–C) groups is 1. The number of halogens is 1. The molecule has 2 aliphatic heterocycles. The van der Waals surface area contributed by atoms with Gasteiger partial charge in [-0.3, -0.25) is 9.78 Å². The number of aromatic nitrogens is 1. The van der Waals surface area contributed by atoms with Crippen LogP contribution in [-0.2, 0) is 9.53 Å². The fourth-order valence-corrected chi connectivity index (χ4v) is 2.43. The van der Waals surface area contributed by atoms with Gasteiger partial charge in [0, 0.05) is 18.9 Å². The van der Waals surface area contributed by atoms with E-state index in [-0.39, 0.29) is 12.5 Å². The number of hydrogen-bond donors (Lipinski definition) is 0. The molecule has 0 aromatic carbocycles. The fourth-order valence-electron chi connectivity index (χ4n) is 2.43. The van der Waals surface area contributed by atoms with Gasteiger partial charge in [0.05, 0.1) is 6.54 Å². The van der Waals surface area contributed by atoms with Crippen LogP contribution in [0, 0.1) is 0 Å². The highest BCUT2D eigenvalue weighted by atomic mass is 19.1. The van der Waals surface area contributed by atoms with Crippen molar-refractivity contribution in [3.63, 3.8) is 0 Å². The molecule has 5 nitrogen and oxygen atoms in total. The number of likely N-dealkylation sites (tertiary alicyclic amines) is 1. The SMILES string of the molecule is O=C([C@@H]1N=CO[C@H]1c1ccncc1)N1CC[C@@H](F)C1. The molecule has 0 bridgehead atoms. The summed E-state index contributed by atoms with van der Waals surface area (Å²) in [5.74, 6) is -0.171. The molecular formula is C13H14FN3O2. The quantitative estimate of drug-likeness (QED) is 0.803. The Labute approximate surface area is 110 Å². The zero-order valence-electron chi connectivity index (χ0n) is 10.3. The van der Waals surface area contributed by atoms with Crippen LogP contribution in [0.25, 0.3) is 0 Å². The van der Waals surface area contributed by atoms with Gasteiger partial charge >= 0.3 is 0 Å². The third-order valence-electron chi connectivity index (χ3n) is 3.45. The number of hydrogen-bond acceptors (Lipinski definition) is 4. The van der Waals surface area contributed by atoms with Crippen LogP contribution in [0.15, 0.2) is 29.5 Å². The Morgan fingerprint density at radius 1 is 1.42 bits per heavy atom. The molecule has 2 aliphatic rings. The van der Waals surface area contributed by atoms with Crippen molar-refractivity contribution in [2.24, 2.45) is 4.99 Å². The number of carbonyl (C=O) groups is 1. The summed E-state index contributed by atoms with van der Waals surface area (Å²) in [6.45, 7) is 0.614. The first-order valence-corrected chi connectivity index (χ1v) is 6.25. The van der Waals surface area contributed by atoms with Gasteiger partial charge in [0.1, 0.15) is 6.17 Å². The van der Waals surface area contributed by atoms with Crippen LogP contribution in [0.1, 0.15) is 18.1 Å². The molecule has 0 radical (unpaired) electrons. The van der Waals surface area contributed by atoms with Gasteiger partial charge in [0.25, 0.3) is 5.91 Å². The summed E-state index contributed by atoms with van der Waals surface area (Å²) in [4.78, 5) is 21.9. The smallest absolute Gasteiger partial charge is 0.251 e. The van der Waals surface area contributed by atoms with E-state index in [1.165, 1.54) is 11.3 Å². The van der Waals surface area contributed by atoms with Gasteiger partial charge in [-0.05, 0) is 24.1 Å². The normalized spacial score (nSPS) is 29.5. The topological polar surface area (TPSA) is 54.8 Å². The number of alkyl halides is 1. The highest BCUT2D eigenvalue weighted by Gasteiger charge is 2.38. The molecule has 0 saturated carbocycles. The van der Waals surface area contributed by atoms with Crippen molar-refractivity contribution in [1.29, 1.82) is 0 Å². The van der Waals surface area contributed by atoms with E-state index in [9.17, 15) is 9.18 Å². The molecule has 1 saturated heterocycles. The molecule has 3 heterocycles. The molecule has 0 unspecified atom stereocenters. The third kappa shape index (κ3) is 2.30. The van der Waals surface area contributed by atoms with Crippen molar-refractivity contribution in [2.45, 2.75) is 24.7 Å². The number of nitrogens with zero attached hydrogens (tertiary/aromatic N) is 3. The first-order valence-electron chi connectivity index (χ1n) is 6.25. The maximum absolute atomic E-state index is 13.2. The van der Waals surface area contributed by atoms with Crippen LogP contribution in [0.4, 0.5) is 4.39 Å². The minimum absolute atomic E-state index is 0.161. The molecule has 0 N–H and O–H groups in total. The van der Waals surface area contributed by atoms with E-state index in [2.05, 4.69) is 9.98 Å². The van der Waals surface area contributed by atoms with Crippen molar-refractivity contribution in [2.75, 3.05) is 13.1 Å². The summed E-state index contributed by atoms with van der Waals surface area (Å²) in [6.07, 6.45) is 3.64. The molecular weight excluding hydrogens is 249 g/mol. The minimum Gasteiger partial charge on any atom is -0.473 e. The van der Waals surface area contributed by atoms with Crippen molar-refractivity contribution in [1.82, 2.24) is 9.88 Å². The second kappa shape index (κ2) is 4.95. The molecule has 1 amide bonds. The summed E-state index contributed by atoms with van der Waals surface area (Å²) in [5.41, 5.74) is 0.849. The van der Waals surface area contributed by atoms with E-state index in [1.54, 1.807) is 24.5 Å². The number of rotatable bonds is 2. The van der Waals surface area contributed by atoms with E-state index in [0.717, 1.165) is 5.56 Å². The van der Waals surface area contributed by atoms with E-state index in [4.69, 9.17) is 4.74 Å². The van der Waals surface area contributed by atoms with Gasteiger partial charge in [-0.15, -0.1) is 0 Å². The second-order valence-corrected chi connectivity index (χ2v) is 4.71. The predicted molar refractivity (Wildman–Crippen MR) is 66.4 cm³/mol. The van der Waals surface area contributed by atoms with Crippen LogP contribution in [0.3, 0.4) is 0 Å². The Kier molecular flexibility index (Phi) is 3.15. The number of pyridine rings is 1. The Morgan fingerprint density at radius 3 is 2.89 bits per heavy atom. The lowest BCUT2D eigenvalue weighted by Crippen LogP contribution is -2.39. The second-order valence-electron chi connectivity index (χ2n) is 4.71. The number of ether oxygens (including phenoxy) is 1. The Bertz CT molecular complexity index is 494. The summed E-state index contributed by atoms with van der Waals surface area (Å²) < 4.78 is 18.6. The van der Waals surface area contributed by atoms with Gasteiger partial charge in [-0.1, -0.05) is 0 Å². The standard InChI is InChI=1S/C13H14FN3O2/c14-10-3-6-17(7-10)13(18)11-12(19-8-16-11)9-1-4-15-5-2-9/h1-2,4-5,8,10-12H,3,6-7H2/t10-,11-,12+/m1/s1. The van der Waals surface area contributed by atoms with E-state index < -0.39 is 18.3 Å². The molecule has 19 heavy (non-hydrogen) atoms. The molecule has 100 valence electrons. The summed E-state index contributed by atoms with van der Waals surface area (Å²) >= 11 is 0. The molecule has 1 fully saturated rings. The van der Waals surface area contributed by atoms with Crippen molar-refractivity contribution in [3.8, 4) is 0 Å². The van der Waals surface area contributed by atoms with E-state index >= 15 is 0 Å². The van der Waals surface area contributed by atoms with Crippen molar-refractivity contribution < 1.29 is 13.9 Å². The van der Waals surface area contributed by atoms with Gasteiger partial charge in [0.2, 0.25) is 0 Å². The summed E-state index contributed by atoms with van der Waals surface area (Å²) in [6, 6.07) is 2.97. The first-order chi connectivity index (χ1) is 9.25. The van der Waals surface area contributed by atoms with E-state index in [0.29, 0.717) is 13.0 Å². The lowest BCUT2D eigenvalue weighted by molar-refractivity contribution is -0.133. The highest BCUT2D eigenvalue weighted by Crippen LogP contribution is 2.28. The summed E-state index contributed by atoms with van der Waals surface area (Å²) in [7, 11) is 0. The molecule has 6 heteroatoms. The summed E-state index contributed by atoms with van der Waals surface area (Å²) in [5, 5.41) is 0. The maximum atomic E-state index is 13.2. The largest absolute Gasteiger partial charge is 0.473 e.